The lowest BCUT2D eigenvalue weighted by Gasteiger charge is -2.09. The molecule has 0 aliphatic carbocycles. The van der Waals surface area contributed by atoms with Crippen LogP contribution in [0.15, 0.2) is 41.8 Å². The van der Waals surface area contributed by atoms with E-state index in [2.05, 4.69) is 35.8 Å². The predicted molar refractivity (Wildman–Crippen MR) is 72.7 cm³/mol. The van der Waals surface area contributed by atoms with E-state index < -0.39 is 0 Å². The highest BCUT2D eigenvalue weighted by Crippen LogP contribution is 2.15. The summed E-state index contributed by atoms with van der Waals surface area (Å²) in [5, 5.41) is 5.46. The normalized spacial score (nSPS) is 10.4. The van der Waals surface area contributed by atoms with Crippen LogP contribution in [-0.4, -0.2) is 13.2 Å². The monoisotopic (exact) mass is 247 g/mol. The van der Waals surface area contributed by atoms with Crippen molar-refractivity contribution in [2.45, 2.75) is 13.5 Å². The Morgan fingerprint density at radius 2 is 2.06 bits per heavy atom. The van der Waals surface area contributed by atoms with Crippen molar-refractivity contribution >= 4 is 11.3 Å². The lowest BCUT2D eigenvalue weighted by Crippen LogP contribution is -2.20. The smallest absolute Gasteiger partial charge is 0.122 e. The topological polar surface area (TPSA) is 21.3 Å². The van der Waals surface area contributed by atoms with Gasteiger partial charge in [-0.2, -0.15) is 0 Å². The van der Waals surface area contributed by atoms with Gasteiger partial charge in [0.25, 0.3) is 0 Å². The Kier molecular flexibility index (Phi) is 4.59. The maximum absolute atomic E-state index is 5.70. The lowest BCUT2D eigenvalue weighted by molar-refractivity contribution is 0.312. The van der Waals surface area contributed by atoms with Crippen LogP contribution in [0.3, 0.4) is 0 Å². The van der Waals surface area contributed by atoms with Gasteiger partial charge in [-0.1, -0.05) is 24.3 Å². The molecule has 0 atom stereocenters. The Hall–Kier alpha value is -1.32. The van der Waals surface area contributed by atoms with E-state index in [1.807, 2.05) is 18.2 Å². The van der Waals surface area contributed by atoms with Crippen LogP contribution < -0.4 is 10.1 Å². The van der Waals surface area contributed by atoms with Crippen molar-refractivity contribution in [1.82, 2.24) is 5.32 Å². The maximum Gasteiger partial charge on any atom is 0.122 e. The van der Waals surface area contributed by atoms with E-state index in [1.54, 1.807) is 11.3 Å². The van der Waals surface area contributed by atoms with Crippen molar-refractivity contribution in [2.24, 2.45) is 0 Å². The largest absolute Gasteiger partial charge is 0.492 e. The number of aryl methyl sites for hydroxylation is 1. The molecule has 0 amide bonds. The minimum Gasteiger partial charge on any atom is -0.492 e. The summed E-state index contributed by atoms with van der Waals surface area (Å²) in [4.78, 5) is 1.36. The highest BCUT2D eigenvalue weighted by molar-refractivity contribution is 7.09. The van der Waals surface area contributed by atoms with Gasteiger partial charge < -0.3 is 10.1 Å². The van der Waals surface area contributed by atoms with Gasteiger partial charge in [0, 0.05) is 18.0 Å². The SMILES string of the molecule is Cc1ccccc1OCCNCc1cccs1. The quantitative estimate of drug-likeness (QED) is 0.791. The molecule has 1 heterocycles. The van der Waals surface area contributed by atoms with Crippen LogP contribution in [0.25, 0.3) is 0 Å². The molecule has 0 fully saturated rings. The summed E-state index contributed by atoms with van der Waals surface area (Å²) < 4.78 is 5.70. The first kappa shape index (κ1) is 12.1. The second-order valence-corrected chi connectivity index (χ2v) is 4.90. The van der Waals surface area contributed by atoms with Gasteiger partial charge in [-0.15, -0.1) is 11.3 Å². The van der Waals surface area contributed by atoms with Gasteiger partial charge in [0.2, 0.25) is 0 Å². The molecule has 0 spiro atoms. The van der Waals surface area contributed by atoms with E-state index in [4.69, 9.17) is 4.74 Å². The molecule has 0 bridgehead atoms. The molecule has 0 saturated heterocycles. The van der Waals surface area contributed by atoms with Crippen LogP contribution >= 0.6 is 11.3 Å². The first-order valence-electron chi connectivity index (χ1n) is 5.78. The fourth-order valence-electron chi connectivity index (χ4n) is 1.58. The van der Waals surface area contributed by atoms with Gasteiger partial charge in [0.1, 0.15) is 12.4 Å². The zero-order valence-corrected chi connectivity index (χ0v) is 10.8. The van der Waals surface area contributed by atoms with Crippen LogP contribution in [0, 0.1) is 6.92 Å². The molecule has 2 aromatic rings. The Morgan fingerprint density at radius 3 is 2.82 bits per heavy atom. The van der Waals surface area contributed by atoms with Crippen LogP contribution in [0.2, 0.25) is 0 Å². The fourth-order valence-corrected chi connectivity index (χ4v) is 2.25. The van der Waals surface area contributed by atoms with Crippen molar-refractivity contribution in [3.63, 3.8) is 0 Å². The fraction of sp³-hybridized carbons (Fsp3) is 0.286. The molecular weight excluding hydrogens is 230 g/mol. The third-order valence-electron chi connectivity index (χ3n) is 2.51. The first-order valence-corrected chi connectivity index (χ1v) is 6.66. The van der Waals surface area contributed by atoms with Gasteiger partial charge in [0.05, 0.1) is 0 Å². The minimum atomic E-state index is 0.705. The molecule has 0 saturated carbocycles. The molecule has 2 rings (SSSR count). The summed E-state index contributed by atoms with van der Waals surface area (Å²) in [6.45, 7) is 4.56. The van der Waals surface area contributed by atoms with Gasteiger partial charge in [0.15, 0.2) is 0 Å². The molecule has 1 aromatic heterocycles. The maximum atomic E-state index is 5.70. The molecule has 1 aromatic carbocycles. The number of hydrogen-bond donors (Lipinski definition) is 1. The van der Waals surface area contributed by atoms with Crippen molar-refractivity contribution in [3.05, 3.63) is 52.2 Å². The van der Waals surface area contributed by atoms with E-state index in [1.165, 1.54) is 10.4 Å². The van der Waals surface area contributed by atoms with Crippen molar-refractivity contribution < 1.29 is 4.74 Å². The Labute approximate surface area is 106 Å². The van der Waals surface area contributed by atoms with E-state index in [0.717, 1.165) is 18.8 Å². The highest BCUT2D eigenvalue weighted by atomic mass is 32.1. The van der Waals surface area contributed by atoms with E-state index in [-0.39, 0.29) is 0 Å². The summed E-state index contributed by atoms with van der Waals surface area (Å²) in [6.07, 6.45) is 0. The molecule has 90 valence electrons. The summed E-state index contributed by atoms with van der Waals surface area (Å²) in [7, 11) is 0. The molecule has 1 N–H and O–H groups in total. The number of rotatable bonds is 6. The zero-order chi connectivity index (χ0) is 11.9. The zero-order valence-electron chi connectivity index (χ0n) is 9.98. The first-order chi connectivity index (χ1) is 8.36. The predicted octanol–water partition coefficient (Wildman–Crippen LogP) is 3.23. The van der Waals surface area contributed by atoms with Crippen LogP contribution in [0.1, 0.15) is 10.4 Å². The van der Waals surface area contributed by atoms with Crippen LogP contribution in [-0.2, 0) is 6.54 Å². The number of nitrogens with one attached hydrogen (secondary N) is 1. The van der Waals surface area contributed by atoms with Gasteiger partial charge in [-0.25, -0.2) is 0 Å². The molecule has 0 aliphatic heterocycles. The molecule has 17 heavy (non-hydrogen) atoms. The van der Waals surface area contributed by atoms with E-state index >= 15 is 0 Å². The summed E-state index contributed by atoms with van der Waals surface area (Å²) >= 11 is 1.78. The number of thiophene rings is 1. The number of ether oxygens (including phenoxy) is 1. The minimum absolute atomic E-state index is 0.705. The summed E-state index contributed by atoms with van der Waals surface area (Å²) in [5.41, 5.74) is 1.19. The number of para-hydroxylation sites is 1. The second kappa shape index (κ2) is 6.42. The molecular formula is C14H17NOS. The highest BCUT2D eigenvalue weighted by Gasteiger charge is 1.97. The third-order valence-corrected chi connectivity index (χ3v) is 3.39. The van der Waals surface area contributed by atoms with Gasteiger partial charge in [-0.3, -0.25) is 0 Å². The molecule has 0 unspecified atom stereocenters. The van der Waals surface area contributed by atoms with Gasteiger partial charge >= 0.3 is 0 Å². The standard InChI is InChI=1S/C14H17NOS/c1-12-5-2-3-7-14(12)16-9-8-15-11-13-6-4-10-17-13/h2-7,10,15H,8-9,11H2,1H3. The Balaban J connectivity index is 1.65. The summed E-state index contributed by atoms with van der Waals surface area (Å²) in [5.74, 6) is 0.977. The summed E-state index contributed by atoms with van der Waals surface area (Å²) in [6, 6.07) is 12.3. The van der Waals surface area contributed by atoms with Crippen LogP contribution in [0.5, 0.6) is 5.75 Å². The molecule has 3 heteroatoms. The Bertz CT molecular complexity index is 439. The van der Waals surface area contributed by atoms with E-state index in [9.17, 15) is 0 Å². The third kappa shape index (κ3) is 3.88. The molecule has 0 aliphatic rings. The number of benzene rings is 1. The van der Waals surface area contributed by atoms with Gasteiger partial charge in [-0.05, 0) is 30.0 Å². The molecule has 0 radical (unpaired) electrons. The lowest BCUT2D eigenvalue weighted by atomic mass is 10.2. The molecule has 2 nitrogen and oxygen atoms in total. The average molecular weight is 247 g/mol. The number of hydrogen-bond acceptors (Lipinski definition) is 3. The van der Waals surface area contributed by atoms with Crippen LogP contribution in [0.4, 0.5) is 0 Å². The average Bonchev–Trinajstić information content (AvgIpc) is 2.84. The second-order valence-electron chi connectivity index (χ2n) is 3.87. The van der Waals surface area contributed by atoms with Crippen molar-refractivity contribution in [2.75, 3.05) is 13.2 Å². The van der Waals surface area contributed by atoms with E-state index in [0.29, 0.717) is 6.61 Å². The Morgan fingerprint density at radius 1 is 1.18 bits per heavy atom. The van der Waals surface area contributed by atoms with Crippen molar-refractivity contribution in [3.8, 4) is 5.75 Å². The van der Waals surface area contributed by atoms with Crippen molar-refractivity contribution in [1.29, 1.82) is 0 Å².